The second-order valence-corrected chi connectivity index (χ2v) is 9.70. The number of allylic oxidation sites excluding steroid dienone is 1. The highest BCUT2D eigenvalue weighted by Crippen LogP contribution is 2.41. The Hall–Kier alpha value is -4.32. The average Bonchev–Trinajstić information content (AvgIpc) is 3.24. The molecular formula is C34H37NO5. The predicted octanol–water partition coefficient (Wildman–Crippen LogP) is 6.87. The zero-order chi connectivity index (χ0) is 28.3. The number of unbranched alkanes of at least 4 members (excludes halogenated alkanes) is 2. The van der Waals surface area contributed by atoms with Gasteiger partial charge in [-0.25, -0.2) is 0 Å². The summed E-state index contributed by atoms with van der Waals surface area (Å²) in [6, 6.07) is 24.0. The van der Waals surface area contributed by atoms with Gasteiger partial charge in [0.05, 0.1) is 24.8 Å². The molecule has 6 heteroatoms. The second kappa shape index (κ2) is 14.2. The van der Waals surface area contributed by atoms with Crippen LogP contribution >= 0.6 is 0 Å². The molecule has 0 spiro atoms. The van der Waals surface area contributed by atoms with Gasteiger partial charge < -0.3 is 19.5 Å². The highest BCUT2D eigenvalue weighted by atomic mass is 16.5. The number of carbonyl (C=O) groups excluding carboxylic acids is 2. The van der Waals surface area contributed by atoms with Gasteiger partial charge in [-0.1, -0.05) is 92.6 Å². The van der Waals surface area contributed by atoms with E-state index in [2.05, 4.69) is 6.92 Å². The number of aliphatic hydroxyl groups excluding tert-OH is 1. The summed E-state index contributed by atoms with van der Waals surface area (Å²) in [7, 11) is 0. The lowest BCUT2D eigenvalue weighted by atomic mass is 9.95. The molecule has 0 fully saturated rings. The van der Waals surface area contributed by atoms with Gasteiger partial charge in [0.25, 0.3) is 5.91 Å². The number of ketones is 1. The zero-order valence-corrected chi connectivity index (χ0v) is 23.2. The Morgan fingerprint density at radius 1 is 0.925 bits per heavy atom. The van der Waals surface area contributed by atoms with E-state index in [1.165, 1.54) is 6.08 Å². The van der Waals surface area contributed by atoms with Crippen molar-refractivity contribution in [3.05, 3.63) is 113 Å². The molecule has 0 saturated heterocycles. The highest BCUT2D eigenvalue weighted by molar-refractivity contribution is 6.14. The van der Waals surface area contributed by atoms with Crippen LogP contribution in [0, 0.1) is 0 Å². The van der Waals surface area contributed by atoms with Gasteiger partial charge >= 0.3 is 0 Å². The minimum absolute atomic E-state index is 0.0595. The maximum atomic E-state index is 13.5. The fraction of sp³-hybridized carbons (Fsp3) is 0.294. The zero-order valence-electron chi connectivity index (χ0n) is 23.2. The molecule has 4 rings (SSSR count). The van der Waals surface area contributed by atoms with Gasteiger partial charge in [0.1, 0.15) is 0 Å². The first-order chi connectivity index (χ1) is 19.5. The molecule has 1 N–H and O–H groups in total. The van der Waals surface area contributed by atoms with Gasteiger partial charge in [-0.3, -0.25) is 9.59 Å². The first-order valence-electron chi connectivity index (χ1n) is 14.0. The van der Waals surface area contributed by atoms with Crippen LogP contribution in [0.3, 0.4) is 0 Å². The monoisotopic (exact) mass is 539 g/mol. The third-order valence-electron chi connectivity index (χ3n) is 6.87. The van der Waals surface area contributed by atoms with Crippen LogP contribution in [0.25, 0.3) is 6.08 Å². The molecule has 208 valence electrons. The number of nitrogens with zero attached hydrogens (tertiary/aromatic N) is 1. The van der Waals surface area contributed by atoms with E-state index in [1.54, 1.807) is 11.0 Å². The summed E-state index contributed by atoms with van der Waals surface area (Å²) < 4.78 is 11.9. The van der Waals surface area contributed by atoms with E-state index in [4.69, 9.17) is 9.47 Å². The number of ether oxygens (including phenoxy) is 2. The molecule has 1 amide bonds. The predicted molar refractivity (Wildman–Crippen MR) is 157 cm³/mol. The van der Waals surface area contributed by atoms with E-state index in [1.807, 2.05) is 85.8 Å². The molecule has 0 radical (unpaired) electrons. The van der Waals surface area contributed by atoms with E-state index < -0.39 is 23.5 Å². The molecular weight excluding hydrogens is 502 g/mol. The number of rotatable bonds is 14. The van der Waals surface area contributed by atoms with Gasteiger partial charge in [0.2, 0.25) is 0 Å². The van der Waals surface area contributed by atoms with Gasteiger partial charge in [-0.15, -0.1) is 0 Å². The topological polar surface area (TPSA) is 76.1 Å². The van der Waals surface area contributed by atoms with E-state index in [-0.39, 0.29) is 5.57 Å². The lowest BCUT2D eigenvalue weighted by molar-refractivity contribution is -0.129. The number of carbonyl (C=O) groups is 2. The smallest absolute Gasteiger partial charge is 0.290 e. The maximum absolute atomic E-state index is 13.5. The summed E-state index contributed by atoms with van der Waals surface area (Å²) in [5.74, 6) is -0.328. The largest absolute Gasteiger partial charge is 0.503 e. The maximum Gasteiger partial charge on any atom is 0.290 e. The van der Waals surface area contributed by atoms with Crippen LogP contribution in [0.15, 0.2) is 96.3 Å². The van der Waals surface area contributed by atoms with Crippen molar-refractivity contribution in [1.82, 2.24) is 4.90 Å². The third-order valence-corrected chi connectivity index (χ3v) is 6.87. The Bertz CT molecular complexity index is 1350. The molecule has 0 saturated carbocycles. The van der Waals surface area contributed by atoms with Crippen molar-refractivity contribution in [2.24, 2.45) is 0 Å². The van der Waals surface area contributed by atoms with Crippen LogP contribution in [-0.2, 0) is 16.0 Å². The second-order valence-electron chi connectivity index (χ2n) is 9.70. The summed E-state index contributed by atoms with van der Waals surface area (Å²) in [5, 5.41) is 11.0. The quantitative estimate of drug-likeness (QED) is 0.179. The Labute approximate surface area is 236 Å². The van der Waals surface area contributed by atoms with Crippen LogP contribution in [0.5, 0.6) is 11.5 Å². The van der Waals surface area contributed by atoms with Crippen molar-refractivity contribution in [3.63, 3.8) is 0 Å². The normalized spacial score (nSPS) is 15.2. The minimum atomic E-state index is -0.766. The molecule has 6 nitrogen and oxygen atoms in total. The number of hydrogen-bond acceptors (Lipinski definition) is 5. The van der Waals surface area contributed by atoms with E-state index >= 15 is 0 Å². The van der Waals surface area contributed by atoms with Crippen molar-refractivity contribution in [1.29, 1.82) is 0 Å². The molecule has 1 unspecified atom stereocenters. The van der Waals surface area contributed by atoms with Gasteiger partial charge in [-0.2, -0.15) is 0 Å². The van der Waals surface area contributed by atoms with E-state index in [0.717, 1.165) is 30.4 Å². The van der Waals surface area contributed by atoms with Crippen LogP contribution in [-0.4, -0.2) is 41.5 Å². The van der Waals surface area contributed by atoms with Gasteiger partial charge in [0.15, 0.2) is 23.0 Å². The Morgan fingerprint density at radius 3 is 2.35 bits per heavy atom. The summed E-state index contributed by atoms with van der Waals surface area (Å²) >= 11 is 0. The molecule has 3 aromatic rings. The molecule has 1 aliphatic rings. The molecule has 0 aliphatic carbocycles. The van der Waals surface area contributed by atoms with Crippen LogP contribution in [0.4, 0.5) is 0 Å². The first kappa shape index (κ1) is 28.7. The fourth-order valence-electron chi connectivity index (χ4n) is 4.82. The van der Waals surface area contributed by atoms with Crippen molar-refractivity contribution in [2.75, 3.05) is 19.8 Å². The first-order valence-corrected chi connectivity index (χ1v) is 14.0. The van der Waals surface area contributed by atoms with Crippen molar-refractivity contribution < 1.29 is 24.2 Å². The SMILES string of the molecule is CCCCCOc1ccc(C2C(C(=O)/C=C/c3ccccc3)=C(O)C(=O)N2CCc2ccccc2)cc1OCC. The Kier molecular flexibility index (Phi) is 10.2. The summed E-state index contributed by atoms with van der Waals surface area (Å²) in [6.45, 7) is 5.38. The average molecular weight is 540 g/mol. The molecule has 0 aromatic heterocycles. The molecule has 3 aromatic carbocycles. The molecule has 1 aliphatic heterocycles. The molecule has 0 bridgehead atoms. The summed E-state index contributed by atoms with van der Waals surface area (Å²) in [5.41, 5.74) is 2.64. The molecule has 1 heterocycles. The number of benzene rings is 3. The highest BCUT2D eigenvalue weighted by Gasteiger charge is 2.43. The van der Waals surface area contributed by atoms with E-state index in [0.29, 0.717) is 43.2 Å². The fourth-order valence-corrected chi connectivity index (χ4v) is 4.82. The molecule has 1 atom stereocenters. The minimum Gasteiger partial charge on any atom is -0.503 e. The Morgan fingerprint density at radius 2 is 1.65 bits per heavy atom. The van der Waals surface area contributed by atoms with Gasteiger partial charge in [0, 0.05) is 6.54 Å². The lowest BCUT2D eigenvalue weighted by Crippen LogP contribution is -2.33. The van der Waals surface area contributed by atoms with Crippen LogP contribution < -0.4 is 9.47 Å². The number of amides is 1. The third kappa shape index (κ3) is 7.00. The van der Waals surface area contributed by atoms with Gasteiger partial charge in [-0.05, 0) is 54.7 Å². The van der Waals surface area contributed by atoms with Crippen LogP contribution in [0.2, 0.25) is 0 Å². The van der Waals surface area contributed by atoms with Crippen molar-refractivity contribution >= 4 is 17.8 Å². The number of hydrogen-bond donors (Lipinski definition) is 1. The van der Waals surface area contributed by atoms with Crippen molar-refractivity contribution in [3.8, 4) is 11.5 Å². The summed E-state index contributed by atoms with van der Waals surface area (Å²) in [4.78, 5) is 28.5. The van der Waals surface area contributed by atoms with E-state index in [9.17, 15) is 14.7 Å². The standard InChI is InChI=1S/C34H37NO5/c1-3-5-12-23-40-29-20-18-27(24-30(29)39-4-2)32-31(28(36)19-17-25-13-8-6-9-14-25)33(37)34(38)35(32)22-21-26-15-10-7-11-16-26/h6-11,13-20,24,32,37H,3-5,12,21-23H2,1-2H3/b19-17+. The Balaban J connectivity index is 1.68. The molecule has 40 heavy (non-hydrogen) atoms. The number of aliphatic hydroxyl groups is 1. The lowest BCUT2D eigenvalue weighted by Gasteiger charge is -2.27. The van der Waals surface area contributed by atoms with Crippen molar-refractivity contribution in [2.45, 2.75) is 45.6 Å². The summed E-state index contributed by atoms with van der Waals surface area (Å²) in [6.07, 6.45) is 6.80. The van der Waals surface area contributed by atoms with Crippen LogP contribution in [0.1, 0.15) is 55.8 Å².